The van der Waals surface area contributed by atoms with Crippen LogP contribution in [0.5, 0.6) is 0 Å². The zero-order chi connectivity index (χ0) is 31.8. The smallest absolute Gasteiger partial charge is 0.352 e. The van der Waals surface area contributed by atoms with E-state index in [1.165, 1.54) is 34.7 Å². The summed E-state index contributed by atoms with van der Waals surface area (Å²) in [5.74, 6) is -3.26. The van der Waals surface area contributed by atoms with E-state index in [0.717, 1.165) is 11.3 Å². The number of aliphatic carboxylic acids is 1. The maximum atomic E-state index is 13.5. The summed E-state index contributed by atoms with van der Waals surface area (Å²) >= 11 is 1.06. The standard InChI is InChI=1S/C27H33N5O8S2Si/c1-14(33)19-21-17(11-15-7-9-16(10-8-15)32(37)38)20(22(26(35)36)31(21)24(19)34)18-12-30-13-28-23(25(30)41-18)42(39,40)29-43(5,6)27(2,3)4/h7-10,12-14,17,19,21,29,33H,11H2,1-6H3,(H,35,36)/t14-,17?,19-,21-/m1/s1. The van der Waals surface area contributed by atoms with Crippen molar-refractivity contribution in [3.63, 3.8) is 0 Å². The van der Waals surface area contributed by atoms with Crippen molar-refractivity contribution in [2.45, 2.75) is 69.4 Å². The van der Waals surface area contributed by atoms with Crippen LogP contribution in [0.2, 0.25) is 18.1 Å². The van der Waals surface area contributed by atoms with Gasteiger partial charge in [0.25, 0.3) is 15.7 Å². The Morgan fingerprint density at radius 3 is 2.42 bits per heavy atom. The molecule has 1 aromatic carbocycles. The Hall–Kier alpha value is -3.44. The number of amides is 1. The van der Waals surface area contributed by atoms with Crippen LogP contribution in [0, 0.1) is 22.0 Å². The fourth-order valence-electron chi connectivity index (χ4n) is 5.56. The average molecular weight is 648 g/mol. The van der Waals surface area contributed by atoms with Crippen molar-refractivity contribution in [2.75, 3.05) is 0 Å². The van der Waals surface area contributed by atoms with Gasteiger partial charge in [0, 0.05) is 29.8 Å². The first-order valence-corrected chi connectivity index (χ1v) is 18.9. The minimum absolute atomic E-state index is 0.0968. The highest BCUT2D eigenvalue weighted by Crippen LogP contribution is 2.53. The van der Waals surface area contributed by atoms with Gasteiger partial charge in [-0.15, -0.1) is 11.3 Å². The van der Waals surface area contributed by atoms with Crippen molar-refractivity contribution >= 4 is 57.6 Å². The van der Waals surface area contributed by atoms with Gasteiger partial charge in [0.2, 0.25) is 10.9 Å². The number of imidazole rings is 1. The number of carboxylic acid groups (broad SMARTS) is 1. The second-order valence-corrected chi connectivity index (χ2v) is 20.6. The lowest BCUT2D eigenvalue weighted by molar-refractivity contribution is -0.384. The number of carbonyl (C=O) groups excluding carboxylic acids is 1. The SMILES string of the molecule is C[C@@H](O)[C@H]1C(=O)N2C(C(=O)O)=C(c3cn4cnc(S(=O)(=O)N[Si](C)(C)C(C)(C)C)c4s3)C(Cc3ccc([N+](=O)[O-])cc3)[C@H]12. The Labute approximate surface area is 253 Å². The second kappa shape index (κ2) is 10.3. The quantitative estimate of drug-likeness (QED) is 0.135. The number of hydrogen-bond acceptors (Lipinski definition) is 9. The average Bonchev–Trinajstić information content (AvgIpc) is 3.52. The molecule has 16 heteroatoms. The topological polar surface area (TPSA) is 184 Å². The van der Waals surface area contributed by atoms with Crippen LogP contribution >= 0.6 is 11.3 Å². The first-order valence-electron chi connectivity index (χ1n) is 13.6. The highest BCUT2D eigenvalue weighted by atomic mass is 32.2. The molecule has 2 aromatic heterocycles. The fraction of sp³-hybridized carbons (Fsp3) is 0.444. The molecule has 1 fully saturated rings. The third kappa shape index (κ3) is 5.10. The van der Waals surface area contributed by atoms with Crippen molar-refractivity contribution < 1.29 is 33.1 Å². The number of fused-ring (bicyclic) bond motifs is 2. The molecule has 3 N–H and O–H groups in total. The first-order chi connectivity index (χ1) is 19.9. The lowest BCUT2D eigenvalue weighted by atomic mass is 9.74. The molecule has 0 bridgehead atoms. The number of β-lactam (4-membered cyclic amide) rings is 1. The van der Waals surface area contributed by atoms with Gasteiger partial charge in [0.15, 0.2) is 0 Å². The summed E-state index contributed by atoms with van der Waals surface area (Å²) in [4.78, 5) is 42.5. The second-order valence-electron chi connectivity index (χ2n) is 12.6. The van der Waals surface area contributed by atoms with Gasteiger partial charge in [-0.05, 0) is 23.9 Å². The zero-order valence-corrected chi connectivity index (χ0v) is 27.1. The number of carboxylic acids is 1. The van der Waals surface area contributed by atoms with Gasteiger partial charge in [0.05, 0.1) is 27.9 Å². The Kier molecular flexibility index (Phi) is 7.45. The zero-order valence-electron chi connectivity index (χ0n) is 24.4. The number of rotatable bonds is 9. The number of sulfonamides is 1. The Morgan fingerprint density at radius 2 is 1.88 bits per heavy atom. The van der Waals surface area contributed by atoms with E-state index < -0.39 is 59.0 Å². The van der Waals surface area contributed by atoms with Crippen LogP contribution < -0.4 is 4.39 Å². The van der Waals surface area contributed by atoms with E-state index in [1.807, 2.05) is 33.9 Å². The van der Waals surface area contributed by atoms with E-state index in [1.54, 1.807) is 18.3 Å². The van der Waals surface area contributed by atoms with Crippen LogP contribution in [0.3, 0.4) is 0 Å². The fourth-order valence-corrected chi connectivity index (χ4v) is 11.9. The molecular weight excluding hydrogens is 615 g/mol. The number of nitro groups is 1. The van der Waals surface area contributed by atoms with Crippen molar-refractivity contribution in [3.8, 4) is 0 Å². The largest absolute Gasteiger partial charge is 0.477 e. The summed E-state index contributed by atoms with van der Waals surface area (Å²) in [6.07, 6.45) is 2.15. The molecule has 2 aliphatic heterocycles. The first kappa shape index (κ1) is 31.0. The van der Waals surface area contributed by atoms with Gasteiger partial charge < -0.3 is 15.1 Å². The van der Waals surface area contributed by atoms with Crippen molar-refractivity contribution in [2.24, 2.45) is 11.8 Å². The molecule has 13 nitrogen and oxygen atoms in total. The number of thiazole rings is 1. The van der Waals surface area contributed by atoms with E-state index in [9.17, 15) is 38.3 Å². The summed E-state index contributed by atoms with van der Waals surface area (Å²) in [5.41, 5.74) is 0.692. The van der Waals surface area contributed by atoms with Crippen molar-refractivity contribution in [1.29, 1.82) is 0 Å². The van der Waals surface area contributed by atoms with Crippen LogP contribution in [0.25, 0.3) is 10.4 Å². The maximum Gasteiger partial charge on any atom is 0.352 e. The van der Waals surface area contributed by atoms with E-state index in [2.05, 4.69) is 9.37 Å². The highest BCUT2D eigenvalue weighted by Gasteiger charge is 2.61. The Balaban J connectivity index is 1.62. The number of hydrogen-bond donors (Lipinski definition) is 3. The van der Waals surface area contributed by atoms with Crippen LogP contribution in [0.4, 0.5) is 5.69 Å². The van der Waals surface area contributed by atoms with E-state index in [0.29, 0.717) is 20.8 Å². The molecule has 1 saturated heterocycles. The van der Waals surface area contributed by atoms with E-state index in [-0.39, 0.29) is 27.9 Å². The van der Waals surface area contributed by atoms with Crippen LogP contribution in [-0.4, -0.2) is 70.1 Å². The number of benzene rings is 1. The number of non-ortho nitro benzene ring substituents is 1. The Morgan fingerprint density at radius 1 is 1.26 bits per heavy atom. The summed E-state index contributed by atoms with van der Waals surface area (Å²) in [7, 11) is -6.54. The summed E-state index contributed by atoms with van der Waals surface area (Å²) in [5, 5.41) is 31.5. The van der Waals surface area contributed by atoms with Gasteiger partial charge in [-0.2, -0.15) is 0 Å². The molecule has 1 unspecified atom stereocenters. The molecule has 0 saturated carbocycles. The van der Waals surface area contributed by atoms with Crippen LogP contribution in [0.1, 0.15) is 38.1 Å². The molecule has 0 spiro atoms. The lowest BCUT2D eigenvalue weighted by Crippen LogP contribution is -2.64. The molecule has 43 heavy (non-hydrogen) atoms. The molecule has 5 rings (SSSR count). The van der Waals surface area contributed by atoms with Crippen LogP contribution in [-0.2, 0) is 26.0 Å². The normalized spacial score (nSPS) is 21.7. The number of nitrogens with one attached hydrogen (secondary N) is 1. The number of aliphatic hydroxyl groups is 1. The van der Waals surface area contributed by atoms with Crippen LogP contribution in [0.15, 0.2) is 47.5 Å². The Bertz CT molecular complexity index is 1790. The minimum Gasteiger partial charge on any atom is -0.477 e. The molecule has 230 valence electrons. The molecule has 0 radical (unpaired) electrons. The number of nitrogens with zero attached hydrogens (tertiary/aromatic N) is 4. The van der Waals surface area contributed by atoms with Crippen molar-refractivity contribution in [1.82, 2.24) is 18.7 Å². The molecule has 4 atom stereocenters. The minimum atomic E-state index is -4.03. The molecule has 4 heterocycles. The molecule has 0 aliphatic carbocycles. The predicted octanol–water partition coefficient (Wildman–Crippen LogP) is 3.46. The monoisotopic (exact) mass is 647 g/mol. The predicted molar refractivity (Wildman–Crippen MR) is 161 cm³/mol. The van der Waals surface area contributed by atoms with Gasteiger partial charge in [-0.3, -0.25) is 19.3 Å². The van der Waals surface area contributed by atoms with E-state index >= 15 is 0 Å². The number of aromatic nitrogens is 2. The van der Waals surface area contributed by atoms with Gasteiger partial charge in [-0.25, -0.2) is 22.6 Å². The van der Waals surface area contributed by atoms with E-state index in [4.69, 9.17) is 0 Å². The summed E-state index contributed by atoms with van der Waals surface area (Å²) in [6.45, 7) is 11.2. The van der Waals surface area contributed by atoms with Gasteiger partial charge in [0.1, 0.15) is 25.1 Å². The third-order valence-corrected chi connectivity index (χ3v) is 17.7. The molecule has 2 aliphatic rings. The number of nitro benzene ring substituents is 1. The summed E-state index contributed by atoms with van der Waals surface area (Å²) in [6, 6.07) is 5.21. The van der Waals surface area contributed by atoms with Gasteiger partial charge in [-0.1, -0.05) is 46.0 Å². The lowest BCUT2D eigenvalue weighted by Gasteiger charge is -2.47. The maximum absolute atomic E-state index is 13.5. The molecule has 3 aromatic rings. The number of aliphatic hydroxyl groups excluding tert-OH is 1. The molecule has 1 amide bonds. The molecular formula is C27H33N5O8S2Si. The third-order valence-electron chi connectivity index (χ3n) is 8.76. The highest BCUT2D eigenvalue weighted by molar-refractivity contribution is 7.91. The summed E-state index contributed by atoms with van der Waals surface area (Å²) < 4.78 is 31.5. The van der Waals surface area contributed by atoms with Crippen molar-refractivity contribution in [3.05, 3.63) is 63.0 Å². The number of carbonyl (C=O) groups is 2. The van der Waals surface area contributed by atoms with Gasteiger partial charge >= 0.3 is 5.97 Å².